The monoisotopic (exact) mass is 408 g/mol. The van der Waals surface area contributed by atoms with E-state index in [0.29, 0.717) is 18.7 Å². The van der Waals surface area contributed by atoms with Crippen molar-refractivity contribution in [2.24, 2.45) is 5.92 Å². The molecule has 1 aliphatic rings. The largest absolute Gasteiger partial charge is 0.467 e. The summed E-state index contributed by atoms with van der Waals surface area (Å²) in [4.78, 5) is 33.9. The third kappa shape index (κ3) is 3.82. The molecular weight excluding hydrogens is 387 g/mol. The molecule has 1 unspecified atom stereocenters. The number of amides is 2. The number of carbonyl (C=O) groups excluding carboxylic acids is 2. The average molecular weight is 409 g/mol. The minimum absolute atomic E-state index is 0.173. The molecule has 0 radical (unpaired) electrons. The van der Waals surface area contributed by atoms with Gasteiger partial charge in [-0.25, -0.2) is 19.0 Å². The summed E-state index contributed by atoms with van der Waals surface area (Å²) in [5, 5.41) is 2.98. The number of rotatable bonds is 4. The number of carbonyl (C=O) groups is 2. The Bertz CT molecular complexity index is 886. The Morgan fingerprint density at radius 3 is 2.82 bits per heavy atom. The first-order valence-corrected chi connectivity index (χ1v) is 9.33. The number of urea groups is 1. The lowest BCUT2D eigenvalue weighted by atomic mass is 9.95. The number of nitrogens with one attached hydrogen (secondary N) is 2. The topological polar surface area (TPSA) is 87.3 Å². The van der Waals surface area contributed by atoms with Crippen LogP contribution in [0.5, 0.6) is 0 Å². The second-order valence-corrected chi connectivity index (χ2v) is 7.41. The van der Waals surface area contributed by atoms with Crippen LogP contribution in [-0.4, -0.2) is 46.6 Å². The molecule has 1 aliphatic heterocycles. The molecule has 7 nitrogen and oxygen atoms in total. The highest BCUT2D eigenvalue weighted by molar-refractivity contribution is 6.30. The molecule has 0 saturated carbocycles. The van der Waals surface area contributed by atoms with Crippen molar-refractivity contribution in [2.45, 2.75) is 32.4 Å². The van der Waals surface area contributed by atoms with Crippen LogP contribution in [-0.2, 0) is 16.0 Å². The Labute approximate surface area is 167 Å². The van der Waals surface area contributed by atoms with Crippen LogP contribution in [0.15, 0.2) is 24.5 Å². The van der Waals surface area contributed by atoms with Gasteiger partial charge in [-0.3, -0.25) is 0 Å². The number of hydrogen-bond acceptors (Lipinski definition) is 4. The lowest BCUT2D eigenvalue weighted by molar-refractivity contribution is -0.144. The number of nitrogens with zero attached hydrogens (tertiary/aromatic N) is 2. The summed E-state index contributed by atoms with van der Waals surface area (Å²) < 4.78 is 19.5. The Morgan fingerprint density at radius 2 is 2.18 bits per heavy atom. The van der Waals surface area contributed by atoms with E-state index in [2.05, 4.69) is 15.3 Å². The first kappa shape index (κ1) is 20.1. The molecular formula is C19H22ClFN4O3. The summed E-state index contributed by atoms with van der Waals surface area (Å²) >= 11 is 5.88. The lowest BCUT2D eigenvalue weighted by Crippen LogP contribution is -2.53. The van der Waals surface area contributed by atoms with E-state index in [0.717, 1.165) is 5.69 Å². The molecule has 1 aromatic heterocycles. The van der Waals surface area contributed by atoms with Gasteiger partial charge in [0.2, 0.25) is 0 Å². The summed E-state index contributed by atoms with van der Waals surface area (Å²) in [6.07, 6.45) is 2.07. The summed E-state index contributed by atoms with van der Waals surface area (Å²) in [6, 6.07) is 2.29. The quantitative estimate of drug-likeness (QED) is 0.761. The Kier molecular flexibility index (Phi) is 5.88. The number of hydrogen-bond donors (Lipinski definition) is 2. The summed E-state index contributed by atoms with van der Waals surface area (Å²) in [6.45, 7) is 3.94. The molecule has 2 N–H and O–H groups in total. The van der Waals surface area contributed by atoms with Gasteiger partial charge in [0.25, 0.3) is 0 Å². The second-order valence-electron chi connectivity index (χ2n) is 6.97. The van der Waals surface area contributed by atoms with E-state index in [4.69, 9.17) is 16.3 Å². The fourth-order valence-electron chi connectivity index (χ4n) is 3.37. The molecule has 0 fully saturated rings. The maximum absolute atomic E-state index is 14.7. The zero-order valence-electron chi connectivity index (χ0n) is 15.8. The van der Waals surface area contributed by atoms with Crippen LogP contribution >= 0.6 is 11.6 Å². The van der Waals surface area contributed by atoms with Crippen LogP contribution in [0.2, 0.25) is 5.02 Å². The number of fused-ring (bicyclic) bond motifs is 1. The smallest absolute Gasteiger partial charge is 0.328 e. The molecule has 1 aromatic carbocycles. The molecule has 0 aliphatic carbocycles. The minimum Gasteiger partial charge on any atom is -0.467 e. The van der Waals surface area contributed by atoms with Gasteiger partial charge in [-0.1, -0.05) is 31.5 Å². The van der Waals surface area contributed by atoms with Crippen LogP contribution in [0.1, 0.15) is 36.8 Å². The number of aromatic amines is 1. The molecule has 0 bridgehead atoms. The van der Waals surface area contributed by atoms with Gasteiger partial charge in [-0.15, -0.1) is 0 Å². The summed E-state index contributed by atoms with van der Waals surface area (Å²) in [7, 11) is 1.27. The predicted octanol–water partition coefficient (Wildman–Crippen LogP) is 3.06. The number of methoxy groups -OCH3 is 1. The van der Waals surface area contributed by atoms with Gasteiger partial charge < -0.3 is 19.9 Å². The van der Waals surface area contributed by atoms with Crippen molar-refractivity contribution in [3.63, 3.8) is 0 Å². The van der Waals surface area contributed by atoms with E-state index in [9.17, 15) is 14.0 Å². The van der Waals surface area contributed by atoms with E-state index < -0.39 is 29.9 Å². The fraction of sp³-hybridized carbons (Fsp3) is 0.421. The number of aromatic nitrogens is 2. The fourth-order valence-corrected chi connectivity index (χ4v) is 3.53. The van der Waals surface area contributed by atoms with Crippen molar-refractivity contribution in [1.82, 2.24) is 20.2 Å². The van der Waals surface area contributed by atoms with Gasteiger partial charge in [-0.05, 0) is 18.1 Å². The highest BCUT2D eigenvalue weighted by Crippen LogP contribution is 2.35. The van der Waals surface area contributed by atoms with Crippen molar-refractivity contribution in [3.05, 3.63) is 52.3 Å². The summed E-state index contributed by atoms with van der Waals surface area (Å²) in [5.41, 5.74) is 1.70. The van der Waals surface area contributed by atoms with E-state index in [1.165, 1.54) is 24.4 Å². The van der Waals surface area contributed by atoms with Crippen LogP contribution in [0, 0.1) is 11.7 Å². The molecule has 28 heavy (non-hydrogen) atoms. The molecule has 0 spiro atoms. The predicted molar refractivity (Wildman–Crippen MR) is 101 cm³/mol. The summed E-state index contributed by atoms with van der Waals surface area (Å²) in [5.74, 6) is -1.23. The Balaban J connectivity index is 1.96. The number of ether oxygens (including phenoxy) is 1. The van der Waals surface area contributed by atoms with Gasteiger partial charge in [0.05, 0.1) is 19.1 Å². The highest BCUT2D eigenvalue weighted by atomic mass is 35.5. The number of esters is 1. The van der Waals surface area contributed by atoms with Crippen LogP contribution in [0.3, 0.4) is 0 Å². The zero-order chi connectivity index (χ0) is 20.4. The standard InChI is InChI=1S/C19H22ClFN4O3/c1-10(2)15(18(26)28-3)24-19(27)25-7-6-14-16(23-9-22-14)17(25)12-5-4-11(20)8-13(12)21/h4-5,8-10,15,17H,6-7H2,1-3H3,(H,22,23)(H,24,27)/t15-,17?/m0/s1. The zero-order valence-corrected chi connectivity index (χ0v) is 16.6. The van der Waals surface area contributed by atoms with Crippen LogP contribution < -0.4 is 5.32 Å². The maximum Gasteiger partial charge on any atom is 0.328 e. The first-order valence-electron chi connectivity index (χ1n) is 8.95. The molecule has 150 valence electrons. The van der Waals surface area contributed by atoms with Gasteiger partial charge in [-0.2, -0.15) is 0 Å². The number of halogens is 2. The molecule has 0 saturated heterocycles. The first-order chi connectivity index (χ1) is 13.3. The second kappa shape index (κ2) is 8.18. The van der Waals surface area contributed by atoms with Crippen molar-refractivity contribution >= 4 is 23.6 Å². The van der Waals surface area contributed by atoms with E-state index in [-0.39, 0.29) is 16.5 Å². The van der Waals surface area contributed by atoms with Gasteiger partial charge >= 0.3 is 12.0 Å². The maximum atomic E-state index is 14.7. The van der Waals surface area contributed by atoms with E-state index >= 15 is 0 Å². The molecule has 2 heterocycles. The van der Waals surface area contributed by atoms with Crippen LogP contribution in [0.25, 0.3) is 0 Å². The lowest BCUT2D eigenvalue weighted by Gasteiger charge is -2.36. The third-order valence-corrected chi connectivity index (χ3v) is 5.08. The Hall–Kier alpha value is -2.61. The molecule has 2 atom stereocenters. The van der Waals surface area contributed by atoms with Crippen molar-refractivity contribution in [2.75, 3.05) is 13.7 Å². The van der Waals surface area contributed by atoms with E-state index in [1.807, 2.05) is 0 Å². The average Bonchev–Trinajstić information content (AvgIpc) is 3.13. The molecule has 9 heteroatoms. The Morgan fingerprint density at radius 1 is 1.43 bits per heavy atom. The van der Waals surface area contributed by atoms with Crippen molar-refractivity contribution < 1.29 is 18.7 Å². The SMILES string of the molecule is COC(=O)[C@@H](NC(=O)N1CCc2[nH]cnc2C1c1ccc(Cl)cc1F)C(C)C. The van der Waals surface area contributed by atoms with Gasteiger partial charge in [0, 0.05) is 29.2 Å². The molecule has 2 amide bonds. The normalized spacial score (nSPS) is 17.2. The number of H-pyrrole nitrogens is 1. The van der Waals surface area contributed by atoms with E-state index in [1.54, 1.807) is 26.0 Å². The van der Waals surface area contributed by atoms with Crippen LogP contribution in [0.4, 0.5) is 9.18 Å². The molecule has 2 aromatic rings. The minimum atomic E-state index is -0.811. The highest BCUT2D eigenvalue weighted by Gasteiger charge is 2.37. The number of benzene rings is 1. The van der Waals surface area contributed by atoms with Gasteiger partial charge in [0.15, 0.2) is 0 Å². The third-order valence-electron chi connectivity index (χ3n) is 4.84. The number of imidazole rings is 1. The van der Waals surface area contributed by atoms with Crippen molar-refractivity contribution in [3.8, 4) is 0 Å². The van der Waals surface area contributed by atoms with Crippen molar-refractivity contribution in [1.29, 1.82) is 0 Å². The van der Waals surface area contributed by atoms with Gasteiger partial charge in [0.1, 0.15) is 17.9 Å². The molecule has 3 rings (SSSR count).